The van der Waals surface area contributed by atoms with E-state index in [2.05, 4.69) is 0 Å². The van der Waals surface area contributed by atoms with E-state index in [9.17, 15) is 40.2 Å². The molecule has 13 heteroatoms. The Bertz CT molecular complexity index is 1110. The topological polar surface area (TPSA) is 47.3 Å². The second kappa shape index (κ2) is 7.93. The van der Waals surface area contributed by atoms with Crippen molar-refractivity contribution in [1.29, 1.82) is 5.26 Å². The van der Waals surface area contributed by atoms with Crippen LogP contribution in [0.4, 0.5) is 40.8 Å². The van der Waals surface area contributed by atoms with Crippen molar-refractivity contribution in [3.8, 4) is 6.07 Å². The first-order valence-corrected chi connectivity index (χ1v) is 9.38. The molecule has 1 heterocycles. The van der Waals surface area contributed by atoms with Crippen molar-refractivity contribution in [2.45, 2.75) is 30.4 Å². The number of alkyl halides is 6. The predicted molar refractivity (Wildman–Crippen MR) is 98.2 cm³/mol. The first kappa shape index (κ1) is 24.4. The van der Waals surface area contributed by atoms with Gasteiger partial charge in [0.15, 0.2) is 5.82 Å². The van der Waals surface area contributed by atoms with Crippen LogP contribution in [0.2, 0.25) is 10.0 Å². The molecule has 2 unspecified atom stereocenters. The Labute approximate surface area is 185 Å². The molecule has 32 heavy (non-hydrogen) atoms. The van der Waals surface area contributed by atoms with Crippen LogP contribution in [-0.2, 0) is 11.6 Å². The van der Waals surface area contributed by atoms with Gasteiger partial charge in [-0.15, -0.1) is 0 Å². The molecule has 0 spiro atoms. The molecule has 2 atom stereocenters. The fraction of sp³-hybridized carbons (Fsp3) is 0.316. The minimum absolute atomic E-state index is 0.345. The van der Waals surface area contributed by atoms with Crippen LogP contribution in [0.3, 0.4) is 0 Å². The van der Waals surface area contributed by atoms with E-state index in [-0.39, 0.29) is 0 Å². The summed E-state index contributed by atoms with van der Waals surface area (Å²) in [5.74, 6) is -3.30. The molecule has 2 aromatic rings. The monoisotopic (exact) mass is 504 g/mol. The van der Waals surface area contributed by atoms with Crippen molar-refractivity contribution >= 4 is 28.9 Å². The molecule has 3 rings (SSSR count). The van der Waals surface area contributed by atoms with Gasteiger partial charge in [-0.3, -0.25) is 0 Å². The maximum atomic E-state index is 14.6. The van der Waals surface area contributed by atoms with Crippen LogP contribution in [-0.4, -0.2) is 24.1 Å². The summed E-state index contributed by atoms with van der Waals surface area (Å²) in [4.78, 5) is 0.578. The number of nitriles is 1. The Balaban J connectivity index is 2.19. The lowest BCUT2D eigenvalue weighted by atomic mass is 9.77. The lowest BCUT2D eigenvalue weighted by Crippen LogP contribution is -2.53. The van der Waals surface area contributed by atoms with Crippen LogP contribution < -0.4 is 4.90 Å². The van der Waals surface area contributed by atoms with Gasteiger partial charge >= 0.3 is 12.4 Å². The molecule has 1 aliphatic heterocycles. The normalized spacial score (nSPS) is 21.7. The summed E-state index contributed by atoms with van der Waals surface area (Å²) in [7, 11) is 0. The molecule has 1 N–H and O–H groups in total. The molecule has 0 bridgehead atoms. The standard InChI is InChI=1S/C19H10Cl2F8N2O/c20-12-6-11(14(22)13(21)15(12)23)17(19(27,28)29)3-4-31(16(17)32)9-2-1-8(7-30)10(5-9)18(24,25)26/h1-2,5-6,16,32H,3-4H2. The second-order valence-corrected chi connectivity index (χ2v) is 7.76. The number of halogens is 10. The van der Waals surface area contributed by atoms with Gasteiger partial charge in [-0.2, -0.15) is 31.6 Å². The highest BCUT2D eigenvalue weighted by atomic mass is 35.5. The van der Waals surface area contributed by atoms with Crippen molar-refractivity contribution in [2.24, 2.45) is 0 Å². The number of hydrogen-bond donors (Lipinski definition) is 1. The molecule has 0 aliphatic carbocycles. The summed E-state index contributed by atoms with van der Waals surface area (Å²) >= 11 is 11.0. The molecule has 0 amide bonds. The van der Waals surface area contributed by atoms with Crippen LogP contribution in [0.15, 0.2) is 24.3 Å². The lowest BCUT2D eigenvalue weighted by molar-refractivity contribution is -0.211. The summed E-state index contributed by atoms with van der Waals surface area (Å²) in [6.45, 7) is -0.657. The SMILES string of the molecule is N#Cc1ccc(N2CCC(c3cc(Cl)c(F)c(Cl)c3F)(C(F)(F)F)C2O)cc1C(F)(F)F. The minimum atomic E-state index is -5.34. The largest absolute Gasteiger partial charge is 0.417 e. The number of nitrogens with zero attached hydrogens (tertiary/aromatic N) is 2. The maximum Gasteiger partial charge on any atom is 0.417 e. The number of anilines is 1. The molecule has 0 aromatic heterocycles. The van der Waals surface area contributed by atoms with Crippen molar-refractivity contribution in [3.05, 3.63) is 62.6 Å². The first-order valence-electron chi connectivity index (χ1n) is 8.63. The molecule has 0 radical (unpaired) electrons. The Morgan fingerprint density at radius 3 is 2.22 bits per heavy atom. The maximum absolute atomic E-state index is 14.6. The zero-order valence-electron chi connectivity index (χ0n) is 15.4. The van der Waals surface area contributed by atoms with Gasteiger partial charge in [0, 0.05) is 17.8 Å². The third-order valence-electron chi connectivity index (χ3n) is 5.33. The van der Waals surface area contributed by atoms with Gasteiger partial charge in [-0.1, -0.05) is 23.2 Å². The van der Waals surface area contributed by atoms with Crippen molar-refractivity contribution in [1.82, 2.24) is 0 Å². The molecular weight excluding hydrogens is 495 g/mol. The molecule has 2 aromatic carbocycles. The van der Waals surface area contributed by atoms with Crippen molar-refractivity contribution < 1.29 is 40.2 Å². The van der Waals surface area contributed by atoms with E-state index in [1.54, 1.807) is 0 Å². The number of rotatable bonds is 2. The smallest absolute Gasteiger partial charge is 0.372 e. The average Bonchev–Trinajstić information content (AvgIpc) is 3.06. The predicted octanol–water partition coefficient (Wildman–Crippen LogP) is 6.19. The molecule has 1 fully saturated rings. The Morgan fingerprint density at radius 1 is 1.06 bits per heavy atom. The van der Waals surface area contributed by atoms with Gasteiger partial charge in [0.05, 0.1) is 22.2 Å². The molecular formula is C19H10Cl2F8N2O. The molecule has 3 nitrogen and oxygen atoms in total. The van der Waals surface area contributed by atoms with Gasteiger partial charge in [0.1, 0.15) is 22.5 Å². The highest BCUT2D eigenvalue weighted by molar-refractivity contribution is 6.35. The first-order chi connectivity index (χ1) is 14.7. The van der Waals surface area contributed by atoms with Gasteiger partial charge in [0.25, 0.3) is 0 Å². The second-order valence-electron chi connectivity index (χ2n) is 6.97. The Kier molecular flexibility index (Phi) is 6.04. The summed E-state index contributed by atoms with van der Waals surface area (Å²) < 4.78 is 111. The van der Waals surface area contributed by atoms with E-state index in [4.69, 9.17) is 28.5 Å². The highest BCUT2D eigenvalue weighted by Gasteiger charge is 2.66. The summed E-state index contributed by atoms with van der Waals surface area (Å²) in [5.41, 5.74) is -7.33. The van der Waals surface area contributed by atoms with E-state index < -0.39 is 81.0 Å². The molecule has 172 valence electrons. The Morgan fingerprint density at radius 2 is 1.69 bits per heavy atom. The van der Waals surface area contributed by atoms with Crippen molar-refractivity contribution in [2.75, 3.05) is 11.4 Å². The molecule has 0 saturated carbocycles. The fourth-order valence-corrected chi connectivity index (χ4v) is 4.20. The van der Waals surface area contributed by atoms with E-state index in [0.29, 0.717) is 17.0 Å². The zero-order valence-corrected chi connectivity index (χ0v) is 16.9. The quantitative estimate of drug-likeness (QED) is 0.301. The van der Waals surface area contributed by atoms with Gasteiger partial charge in [0.2, 0.25) is 0 Å². The van der Waals surface area contributed by atoms with E-state index in [0.717, 1.165) is 12.1 Å². The lowest BCUT2D eigenvalue weighted by Gasteiger charge is -2.37. The number of aliphatic hydroxyl groups is 1. The van der Waals surface area contributed by atoms with E-state index in [1.165, 1.54) is 6.07 Å². The molecule has 1 saturated heterocycles. The van der Waals surface area contributed by atoms with Gasteiger partial charge in [-0.05, 0) is 30.7 Å². The van der Waals surface area contributed by atoms with Crippen LogP contribution in [0.1, 0.15) is 23.1 Å². The van der Waals surface area contributed by atoms with Crippen LogP contribution in [0, 0.1) is 23.0 Å². The van der Waals surface area contributed by atoms with Gasteiger partial charge < -0.3 is 10.0 Å². The van der Waals surface area contributed by atoms with Crippen molar-refractivity contribution in [3.63, 3.8) is 0 Å². The van der Waals surface area contributed by atoms with Crippen LogP contribution >= 0.6 is 23.2 Å². The van der Waals surface area contributed by atoms with E-state index >= 15 is 0 Å². The van der Waals surface area contributed by atoms with Gasteiger partial charge in [-0.25, -0.2) is 8.78 Å². The number of benzene rings is 2. The molecule has 1 aliphatic rings. The fourth-order valence-electron chi connectivity index (χ4n) is 3.74. The third-order valence-corrected chi connectivity index (χ3v) is 5.94. The van der Waals surface area contributed by atoms with Crippen LogP contribution in [0.5, 0.6) is 0 Å². The summed E-state index contributed by atoms with van der Waals surface area (Å²) in [5, 5.41) is 17.3. The average molecular weight is 505 g/mol. The number of aliphatic hydroxyl groups excluding tert-OH is 1. The van der Waals surface area contributed by atoms with Crippen LogP contribution in [0.25, 0.3) is 0 Å². The Hall–Kier alpha value is -2.29. The minimum Gasteiger partial charge on any atom is -0.372 e. The summed E-state index contributed by atoms with van der Waals surface area (Å²) in [6.07, 6.45) is -14.0. The number of hydrogen-bond acceptors (Lipinski definition) is 3. The third kappa shape index (κ3) is 3.64. The zero-order chi connectivity index (χ0) is 24.2. The highest BCUT2D eigenvalue weighted by Crippen LogP contribution is 2.54. The summed E-state index contributed by atoms with van der Waals surface area (Å²) in [6, 6.07) is 3.75. The van der Waals surface area contributed by atoms with E-state index in [1.807, 2.05) is 0 Å².